The van der Waals surface area contributed by atoms with E-state index in [1.165, 1.54) is 31.2 Å². The normalized spacial score (nSPS) is 12.4. The third-order valence-electron chi connectivity index (χ3n) is 3.17. The van der Waals surface area contributed by atoms with Gasteiger partial charge >= 0.3 is 6.18 Å². The van der Waals surface area contributed by atoms with Gasteiger partial charge < -0.3 is 16.0 Å². The fraction of sp³-hybridized carbons (Fsp3) is 0.438. The summed E-state index contributed by atoms with van der Waals surface area (Å²) in [7, 11) is 0. The Morgan fingerprint density at radius 2 is 1.64 bits per heavy atom. The van der Waals surface area contributed by atoms with Crippen molar-refractivity contribution in [1.82, 2.24) is 10.6 Å². The van der Waals surface area contributed by atoms with Crippen LogP contribution in [0.1, 0.15) is 31.1 Å². The van der Waals surface area contributed by atoms with E-state index in [2.05, 4.69) is 10.6 Å². The number of nitrogens with one attached hydrogen (secondary N) is 3. The van der Waals surface area contributed by atoms with Gasteiger partial charge in [0.25, 0.3) is 5.91 Å². The minimum atomic E-state index is -4.49. The Hall–Kier alpha value is -2.58. The van der Waals surface area contributed by atoms with Crippen LogP contribution in [0, 0.1) is 5.92 Å². The summed E-state index contributed by atoms with van der Waals surface area (Å²) in [4.78, 5) is 34.9. The molecule has 0 saturated carbocycles. The van der Waals surface area contributed by atoms with Gasteiger partial charge in [-0.1, -0.05) is 13.8 Å². The lowest BCUT2D eigenvalue weighted by Crippen LogP contribution is -2.46. The van der Waals surface area contributed by atoms with Crippen molar-refractivity contribution >= 4 is 23.4 Å². The molecule has 138 valence electrons. The summed E-state index contributed by atoms with van der Waals surface area (Å²) in [6.07, 6.45) is -4.49. The van der Waals surface area contributed by atoms with Crippen LogP contribution in [0.25, 0.3) is 0 Å². The van der Waals surface area contributed by atoms with Crippen LogP contribution in [0.4, 0.5) is 18.9 Å². The molecule has 0 aliphatic rings. The van der Waals surface area contributed by atoms with E-state index >= 15 is 0 Å². The molecule has 6 nitrogen and oxygen atoms in total. The molecule has 9 heteroatoms. The lowest BCUT2D eigenvalue weighted by atomic mass is 10.0. The van der Waals surface area contributed by atoms with Crippen LogP contribution in [0.3, 0.4) is 0 Å². The summed E-state index contributed by atoms with van der Waals surface area (Å²) >= 11 is 0. The molecule has 1 rings (SSSR count). The average molecular weight is 359 g/mol. The van der Waals surface area contributed by atoms with Crippen molar-refractivity contribution in [3.05, 3.63) is 29.8 Å². The number of hydrogen-bond acceptors (Lipinski definition) is 3. The SMILES string of the molecule is CC(=O)NC(C(=O)Nc1ccc(C(=O)NCC(F)(F)F)cc1)C(C)C. The van der Waals surface area contributed by atoms with Crippen LogP contribution < -0.4 is 16.0 Å². The van der Waals surface area contributed by atoms with Crippen LogP contribution in [-0.2, 0) is 9.59 Å². The van der Waals surface area contributed by atoms with E-state index in [0.717, 1.165) is 0 Å². The van der Waals surface area contributed by atoms with Crippen molar-refractivity contribution in [3.63, 3.8) is 0 Å². The van der Waals surface area contributed by atoms with Crippen molar-refractivity contribution in [2.24, 2.45) is 5.92 Å². The van der Waals surface area contributed by atoms with Crippen LogP contribution in [0.15, 0.2) is 24.3 Å². The molecule has 1 aromatic rings. The second kappa shape index (κ2) is 8.50. The number of amides is 3. The molecule has 1 aromatic carbocycles. The fourth-order valence-electron chi connectivity index (χ4n) is 1.96. The van der Waals surface area contributed by atoms with E-state index < -0.39 is 30.6 Å². The highest BCUT2D eigenvalue weighted by Crippen LogP contribution is 2.14. The predicted molar refractivity (Wildman–Crippen MR) is 85.9 cm³/mol. The molecule has 25 heavy (non-hydrogen) atoms. The molecule has 0 saturated heterocycles. The first kappa shape index (κ1) is 20.5. The Balaban J connectivity index is 2.71. The number of rotatable bonds is 6. The van der Waals surface area contributed by atoms with Crippen molar-refractivity contribution in [2.75, 3.05) is 11.9 Å². The molecule has 1 atom stereocenters. The molecule has 0 aliphatic carbocycles. The fourth-order valence-corrected chi connectivity index (χ4v) is 1.96. The molecular formula is C16H20F3N3O3. The zero-order valence-electron chi connectivity index (χ0n) is 14.0. The number of benzene rings is 1. The molecule has 0 heterocycles. The number of carbonyl (C=O) groups is 3. The molecule has 0 bridgehead atoms. The minimum Gasteiger partial charge on any atom is -0.344 e. The summed E-state index contributed by atoms with van der Waals surface area (Å²) in [6, 6.07) is 4.65. The first-order valence-corrected chi connectivity index (χ1v) is 7.52. The number of hydrogen-bond donors (Lipinski definition) is 3. The van der Waals surface area contributed by atoms with Gasteiger partial charge in [0, 0.05) is 18.2 Å². The number of halogens is 3. The van der Waals surface area contributed by atoms with E-state index in [-0.39, 0.29) is 17.4 Å². The Morgan fingerprint density at radius 3 is 2.08 bits per heavy atom. The summed E-state index contributed by atoms with van der Waals surface area (Å²) in [5.74, 6) is -1.78. The minimum absolute atomic E-state index is 0.0320. The van der Waals surface area contributed by atoms with Crippen LogP contribution in [0.5, 0.6) is 0 Å². The zero-order valence-corrected chi connectivity index (χ0v) is 14.0. The molecular weight excluding hydrogens is 339 g/mol. The molecule has 0 aliphatic heterocycles. The van der Waals surface area contributed by atoms with Crippen molar-refractivity contribution < 1.29 is 27.6 Å². The lowest BCUT2D eigenvalue weighted by Gasteiger charge is -2.21. The Bertz CT molecular complexity index is 628. The molecule has 0 fully saturated rings. The van der Waals surface area contributed by atoms with E-state index in [1.807, 2.05) is 0 Å². The third kappa shape index (κ3) is 7.23. The zero-order chi connectivity index (χ0) is 19.2. The average Bonchev–Trinajstić information content (AvgIpc) is 2.49. The molecule has 3 amide bonds. The van der Waals surface area contributed by atoms with Crippen molar-refractivity contribution in [2.45, 2.75) is 33.0 Å². The maximum Gasteiger partial charge on any atom is 0.405 e. The first-order valence-electron chi connectivity index (χ1n) is 7.52. The quantitative estimate of drug-likeness (QED) is 0.727. The molecule has 0 spiro atoms. The maximum absolute atomic E-state index is 12.2. The van der Waals surface area contributed by atoms with E-state index in [1.54, 1.807) is 19.2 Å². The van der Waals surface area contributed by atoms with E-state index in [0.29, 0.717) is 5.69 Å². The monoisotopic (exact) mass is 359 g/mol. The summed E-state index contributed by atoms with van der Waals surface area (Å²) in [5.41, 5.74) is 0.387. The smallest absolute Gasteiger partial charge is 0.344 e. The molecule has 0 aromatic heterocycles. The van der Waals surface area contributed by atoms with Gasteiger partial charge in [-0.3, -0.25) is 14.4 Å². The Kier molecular flexibility index (Phi) is 6.96. The van der Waals surface area contributed by atoms with Gasteiger partial charge in [0.05, 0.1) is 0 Å². The number of anilines is 1. The van der Waals surface area contributed by atoms with Crippen molar-refractivity contribution in [1.29, 1.82) is 0 Å². The summed E-state index contributed by atoms with van der Waals surface area (Å²) in [6.45, 7) is 3.43. The van der Waals surface area contributed by atoms with Crippen molar-refractivity contribution in [3.8, 4) is 0 Å². The van der Waals surface area contributed by atoms with Gasteiger partial charge in [-0.2, -0.15) is 13.2 Å². The van der Waals surface area contributed by atoms with Gasteiger partial charge in [0.1, 0.15) is 12.6 Å². The van der Waals surface area contributed by atoms with Crippen LogP contribution in [-0.4, -0.2) is 36.5 Å². The predicted octanol–water partition coefficient (Wildman–Crippen LogP) is 2.08. The summed E-state index contributed by atoms with van der Waals surface area (Å²) < 4.78 is 36.2. The van der Waals surface area contributed by atoms with Gasteiger partial charge in [0.15, 0.2) is 0 Å². The maximum atomic E-state index is 12.2. The van der Waals surface area contributed by atoms with Gasteiger partial charge in [-0.05, 0) is 30.2 Å². The molecule has 3 N–H and O–H groups in total. The second-order valence-electron chi connectivity index (χ2n) is 5.79. The largest absolute Gasteiger partial charge is 0.405 e. The van der Waals surface area contributed by atoms with E-state index in [4.69, 9.17) is 0 Å². The molecule has 0 radical (unpaired) electrons. The van der Waals surface area contributed by atoms with Gasteiger partial charge in [0.2, 0.25) is 11.8 Å². The first-order chi connectivity index (χ1) is 11.5. The number of alkyl halides is 3. The van der Waals surface area contributed by atoms with Crippen LogP contribution in [0.2, 0.25) is 0 Å². The summed E-state index contributed by atoms with van der Waals surface area (Å²) in [5, 5.41) is 6.88. The highest BCUT2D eigenvalue weighted by Gasteiger charge is 2.28. The van der Waals surface area contributed by atoms with Crippen LogP contribution >= 0.6 is 0 Å². The molecule has 1 unspecified atom stereocenters. The Labute approximate surface area is 143 Å². The standard InChI is InChI=1S/C16H20F3N3O3/c1-9(2)13(21-10(3)23)15(25)22-12-6-4-11(5-7-12)14(24)20-8-16(17,18)19/h4-7,9,13H,8H2,1-3H3,(H,20,24)(H,21,23)(H,22,25). The second-order valence-corrected chi connectivity index (χ2v) is 5.79. The van der Waals surface area contributed by atoms with Gasteiger partial charge in [-0.25, -0.2) is 0 Å². The topological polar surface area (TPSA) is 87.3 Å². The third-order valence-corrected chi connectivity index (χ3v) is 3.17. The highest BCUT2D eigenvalue weighted by atomic mass is 19.4. The van der Waals surface area contributed by atoms with Gasteiger partial charge in [-0.15, -0.1) is 0 Å². The Morgan fingerprint density at radius 1 is 1.08 bits per heavy atom. The highest BCUT2D eigenvalue weighted by molar-refractivity contribution is 5.98. The number of carbonyl (C=O) groups excluding carboxylic acids is 3. The van der Waals surface area contributed by atoms with E-state index in [9.17, 15) is 27.6 Å². The lowest BCUT2D eigenvalue weighted by molar-refractivity contribution is -0.126.